The number of benzene rings is 1. The first-order valence-corrected chi connectivity index (χ1v) is 9.19. The van der Waals surface area contributed by atoms with E-state index >= 15 is 0 Å². The Bertz CT molecular complexity index is 557. The molecule has 0 aromatic heterocycles. The van der Waals surface area contributed by atoms with E-state index in [-0.39, 0.29) is 29.2 Å². The molecule has 118 valence electrons. The topological polar surface area (TPSA) is 49.3 Å². The van der Waals surface area contributed by atoms with Gasteiger partial charge in [0.15, 0.2) is 0 Å². The van der Waals surface area contributed by atoms with E-state index in [9.17, 15) is 9.90 Å². The van der Waals surface area contributed by atoms with Crippen molar-refractivity contribution < 1.29 is 9.90 Å². The second kappa shape index (κ2) is 5.57. The Morgan fingerprint density at radius 2 is 1.95 bits per heavy atom. The number of aliphatic hydroxyl groups excluding tert-OH is 1. The maximum absolute atomic E-state index is 12.8. The van der Waals surface area contributed by atoms with Gasteiger partial charge in [0.1, 0.15) is 0 Å². The van der Waals surface area contributed by atoms with Gasteiger partial charge in [-0.15, -0.1) is 11.8 Å². The average Bonchev–Trinajstić information content (AvgIpc) is 3.05. The minimum absolute atomic E-state index is 0.192. The summed E-state index contributed by atoms with van der Waals surface area (Å²) >= 11 is 1.70. The monoisotopic (exact) mass is 317 g/mol. The number of nitrogens with one attached hydrogen (secondary N) is 1. The first-order chi connectivity index (χ1) is 10.7. The van der Waals surface area contributed by atoms with E-state index in [4.69, 9.17) is 0 Å². The van der Waals surface area contributed by atoms with Crippen LogP contribution in [0, 0.1) is 17.8 Å². The number of fused-ring (bicyclic) bond motifs is 2. The van der Waals surface area contributed by atoms with Crippen molar-refractivity contribution in [3.8, 4) is 0 Å². The minimum atomic E-state index is -0.261. The third-order valence-electron chi connectivity index (χ3n) is 5.77. The van der Waals surface area contributed by atoms with Crippen LogP contribution in [0.15, 0.2) is 35.2 Å². The van der Waals surface area contributed by atoms with Crippen LogP contribution in [0.2, 0.25) is 0 Å². The van der Waals surface area contributed by atoms with Crippen molar-refractivity contribution in [2.75, 3.05) is 6.61 Å². The summed E-state index contributed by atoms with van der Waals surface area (Å²) in [4.78, 5) is 14.0. The molecule has 1 amide bonds. The first-order valence-electron chi connectivity index (χ1n) is 8.38. The Balaban J connectivity index is 1.44. The second-order valence-electron chi connectivity index (χ2n) is 7.09. The van der Waals surface area contributed by atoms with Crippen molar-refractivity contribution in [2.45, 2.75) is 47.8 Å². The number of aliphatic hydroxyl groups is 1. The minimum Gasteiger partial charge on any atom is -0.396 e. The summed E-state index contributed by atoms with van der Waals surface area (Å²) in [6, 6.07) is 10.4. The molecule has 3 fully saturated rings. The fourth-order valence-corrected chi connectivity index (χ4v) is 5.59. The van der Waals surface area contributed by atoms with Crippen LogP contribution in [0.5, 0.6) is 0 Å². The molecule has 3 aliphatic carbocycles. The summed E-state index contributed by atoms with van der Waals surface area (Å²) < 4.78 is -0.261. The molecule has 22 heavy (non-hydrogen) atoms. The molecule has 4 atom stereocenters. The molecular formula is C18H23NO2S. The zero-order valence-electron chi connectivity index (χ0n) is 12.7. The van der Waals surface area contributed by atoms with E-state index in [2.05, 4.69) is 17.4 Å². The zero-order chi connectivity index (χ0) is 15.2. The normalized spacial score (nSPS) is 34.6. The summed E-state index contributed by atoms with van der Waals surface area (Å²) in [5.74, 6) is 1.68. The van der Waals surface area contributed by atoms with Crippen LogP contribution in [-0.2, 0) is 4.79 Å². The Kier molecular flexibility index (Phi) is 3.69. The SMILES string of the molecule is O=C(NC1C2CCC(C2)C1CO)C1(Sc2ccccc2)CC1. The van der Waals surface area contributed by atoms with Gasteiger partial charge in [-0.2, -0.15) is 0 Å². The quantitative estimate of drug-likeness (QED) is 0.878. The molecule has 4 unspecified atom stereocenters. The Hall–Kier alpha value is -1.00. The van der Waals surface area contributed by atoms with Crippen molar-refractivity contribution in [1.29, 1.82) is 0 Å². The predicted molar refractivity (Wildman–Crippen MR) is 87.6 cm³/mol. The lowest BCUT2D eigenvalue weighted by Gasteiger charge is -2.31. The predicted octanol–water partition coefficient (Wildman–Crippen LogP) is 2.83. The number of hydrogen-bond donors (Lipinski definition) is 2. The molecule has 4 heteroatoms. The van der Waals surface area contributed by atoms with Crippen LogP contribution in [0.4, 0.5) is 0 Å². The number of thioether (sulfide) groups is 1. The van der Waals surface area contributed by atoms with Gasteiger partial charge in [-0.1, -0.05) is 18.2 Å². The molecule has 0 spiro atoms. The van der Waals surface area contributed by atoms with Gasteiger partial charge in [0.05, 0.1) is 4.75 Å². The molecule has 0 aliphatic heterocycles. The maximum Gasteiger partial charge on any atom is 0.236 e. The molecule has 3 nitrogen and oxygen atoms in total. The van der Waals surface area contributed by atoms with Gasteiger partial charge >= 0.3 is 0 Å². The van der Waals surface area contributed by atoms with Crippen LogP contribution in [0.25, 0.3) is 0 Å². The van der Waals surface area contributed by atoms with Crippen molar-refractivity contribution in [3.63, 3.8) is 0 Å². The van der Waals surface area contributed by atoms with Gasteiger partial charge in [-0.05, 0) is 56.1 Å². The van der Waals surface area contributed by atoms with E-state index in [1.54, 1.807) is 11.8 Å². The Morgan fingerprint density at radius 3 is 2.64 bits per heavy atom. The fraction of sp³-hybridized carbons (Fsp3) is 0.611. The second-order valence-corrected chi connectivity index (χ2v) is 8.55. The van der Waals surface area contributed by atoms with Crippen LogP contribution in [-0.4, -0.2) is 28.4 Å². The molecule has 0 radical (unpaired) electrons. The van der Waals surface area contributed by atoms with Crippen LogP contribution < -0.4 is 5.32 Å². The third kappa shape index (κ3) is 2.46. The molecule has 4 rings (SSSR count). The van der Waals surface area contributed by atoms with Gasteiger partial charge in [0.2, 0.25) is 5.91 Å². The van der Waals surface area contributed by atoms with Gasteiger partial charge in [0, 0.05) is 23.5 Å². The number of carbonyl (C=O) groups is 1. The summed E-state index contributed by atoms with van der Waals surface area (Å²) in [6.45, 7) is 0.213. The highest BCUT2D eigenvalue weighted by atomic mass is 32.2. The molecule has 0 heterocycles. The number of rotatable bonds is 5. The third-order valence-corrected chi connectivity index (χ3v) is 7.26. The largest absolute Gasteiger partial charge is 0.396 e. The molecule has 3 saturated carbocycles. The van der Waals surface area contributed by atoms with Crippen LogP contribution in [0.1, 0.15) is 32.1 Å². The lowest BCUT2D eigenvalue weighted by Crippen LogP contribution is -2.48. The van der Waals surface area contributed by atoms with Gasteiger partial charge < -0.3 is 10.4 Å². The van der Waals surface area contributed by atoms with E-state index in [1.807, 2.05) is 18.2 Å². The van der Waals surface area contributed by atoms with Crippen molar-refractivity contribution >= 4 is 17.7 Å². The molecule has 2 N–H and O–H groups in total. The molecule has 1 aromatic carbocycles. The lowest BCUT2D eigenvalue weighted by molar-refractivity contribution is -0.122. The van der Waals surface area contributed by atoms with E-state index < -0.39 is 0 Å². The first kappa shape index (κ1) is 14.6. The lowest BCUT2D eigenvalue weighted by atomic mass is 9.85. The summed E-state index contributed by atoms with van der Waals surface area (Å²) in [5, 5.41) is 13.0. The highest BCUT2D eigenvalue weighted by Crippen LogP contribution is 2.53. The molecule has 2 bridgehead atoms. The van der Waals surface area contributed by atoms with Crippen LogP contribution in [0.3, 0.4) is 0 Å². The number of carbonyl (C=O) groups excluding carboxylic acids is 1. The van der Waals surface area contributed by atoms with Gasteiger partial charge in [0.25, 0.3) is 0 Å². The standard InChI is InChI=1S/C18H23NO2S/c20-11-15-12-6-7-13(10-12)16(15)19-17(21)18(8-9-18)22-14-4-2-1-3-5-14/h1-5,12-13,15-16,20H,6-11H2,(H,19,21). The van der Waals surface area contributed by atoms with Crippen LogP contribution >= 0.6 is 11.8 Å². The molecule has 0 saturated heterocycles. The maximum atomic E-state index is 12.8. The van der Waals surface area contributed by atoms with Gasteiger partial charge in [-0.25, -0.2) is 0 Å². The Morgan fingerprint density at radius 1 is 1.23 bits per heavy atom. The van der Waals surface area contributed by atoms with Crippen molar-refractivity contribution in [1.82, 2.24) is 5.32 Å². The average molecular weight is 317 g/mol. The fourth-order valence-electron chi connectivity index (χ4n) is 4.38. The smallest absolute Gasteiger partial charge is 0.236 e. The van der Waals surface area contributed by atoms with E-state index in [1.165, 1.54) is 24.2 Å². The van der Waals surface area contributed by atoms with Crippen molar-refractivity contribution in [3.05, 3.63) is 30.3 Å². The summed E-state index contributed by atoms with van der Waals surface area (Å²) in [7, 11) is 0. The Labute approximate surface area is 135 Å². The van der Waals surface area contributed by atoms with E-state index in [0.717, 1.165) is 12.8 Å². The van der Waals surface area contributed by atoms with Gasteiger partial charge in [-0.3, -0.25) is 4.79 Å². The van der Waals surface area contributed by atoms with Crippen molar-refractivity contribution in [2.24, 2.45) is 17.8 Å². The highest BCUT2D eigenvalue weighted by molar-refractivity contribution is 8.01. The summed E-state index contributed by atoms with van der Waals surface area (Å²) in [6.07, 6.45) is 5.55. The molecular weight excluding hydrogens is 294 g/mol. The number of hydrogen-bond acceptors (Lipinski definition) is 3. The highest BCUT2D eigenvalue weighted by Gasteiger charge is 2.54. The number of amides is 1. The summed E-state index contributed by atoms with van der Waals surface area (Å²) in [5.41, 5.74) is 0. The molecule has 3 aliphatic rings. The van der Waals surface area contributed by atoms with E-state index in [0.29, 0.717) is 11.8 Å². The zero-order valence-corrected chi connectivity index (χ0v) is 13.5. The molecule has 1 aromatic rings.